The van der Waals surface area contributed by atoms with Gasteiger partial charge in [0.25, 0.3) is 0 Å². The van der Waals surface area contributed by atoms with E-state index < -0.39 is 0 Å². The van der Waals surface area contributed by atoms with Crippen LogP contribution < -0.4 is 4.74 Å². The Kier molecular flexibility index (Phi) is 4.58. The zero-order chi connectivity index (χ0) is 13.7. The van der Waals surface area contributed by atoms with Crippen molar-refractivity contribution in [3.63, 3.8) is 0 Å². The SMILES string of the molecule is COc1ccc(C)cc1CC(CO)c1ccccc1. The van der Waals surface area contributed by atoms with Gasteiger partial charge in [0.05, 0.1) is 13.7 Å². The van der Waals surface area contributed by atoms with Crippen LogP contribution in [0.3, 0.4) is 0 Å². The second kappa shape index (κ2) is 6.39. The van der Waals surface area contributed by atoms with E-state index in [1.165, 1.54) is 5.56 Å². The molecule has 0 aliphatic rings. The van der Waals surface area contributed by atoms with Gasteiger partial charge in [-0.2, -0.15) is 0 Å². The molecule has 0 spiro atoms. The van der Waals surface area contributed by atoms with Crippen LogP contribution in [0.25, 0.3) is 0 Å². The lowest BCUT2D eigenvalue weighted by atomic mass is 9.92. The Bertz CT molecular complexity index is 520. The molecule has 2 aromatic carbocycles. The predicted molar refractivity (Wildman–Crippen MR) is 77.7 cm³/mol. The average molecular weight is 256 g/mol. The number of ether oxygens (including phenoxy) is 1. The number of aliphatic hydroxyl groups is 1. The van der Waals surface area contributed by atoms with Gasteiger partial charge < -0.3 is 9.84 Å². The molecule has 0 aromatic heterocycles. The Morgan fingerprint density at radius 1 is 1.11 bits per heavy atom. The molecule has 0 aliphatic carbocycles. The van der Waals surface area contributed by atoms with Crippen LogP contribution in [0.1, 0.15) is 22.6 Å². The molecule has 100 valence electrons. The van der Waals surface area contributed by atoms with Crippen molar-refractivity contribution in [2.45, 2.75) is 19.3 Å². The van der Waals surface area contributed by atoms with E-state index in [9.17, 15) is 5.11 Å². The summed E-state index contributed by atoms with van der Waals surface area (Å²) in [6.45, 7) is 2.21. The maximum Gasteiger partial charge on any atom is 0.122 e. The molecular weight excluding hydrogens is 236 g/mol. The van der Waals surface area contributed by atoms with E-state index in [0.717, 1.165) is 23.3 Å². The molecule has 1 unspecified atom stereocenters. The van der Waals surface area contributed by atoms with Crippen LogP contribution >= 0.6 is 0 Å². The van der Waals surface area contributed by atoms with Crippen LogP contribution in [0.5, 0.6) is 5.75 Å². The highest BCUT2D eigenvalue weighted by Crippen LogP contribution is 2.27. The predicted octanol–water partition coefficient (Wildman–Crippen LogP) is 3.32. The van der Waals surface area contributed by atoms with E-state index in [-0.39, 0.29) is 12.5 Å². The van der Waals surface area contributed by atoms with Crippen molar-refractivity contribution in [3.05, 3.63) is 65.2 Å². The summed E-state index contributed by atoms with van der Waals surface area (Å²) >= 11 is 0. The number of methoxy groups -OCH3 is 1. The number of hydrogen-bond donors (Lipinski definition) is 1. The van der Waals surface area contributed by atoms with Crippen molar-refractivity contribution in [1.82, 2.24) is 0 Å². The number of benzene rings is 2. The summed E-state index contributed by atoms with van der Waals surface area (Å²) in [5.41, 5.74) is 3.51. The normalized spacial score (nSPS) is 12.2. The van der Waals surface area contributed by atoms with Gasteiger partial charge in [0.15, 0.2) is 0 Å². The van der Waals surface area contributed by atoms with Gasteiger partial charge in [-0.1, -0.05) is 48.0 Å². The Morgan fingerprint density at radius 2 is 1.84 bits per heavy atom. The second-order valence-corrected chi connectivity index (χ2v) is 4.81. The molecule has 1 atom stereocenters. The van der Waals surface area contributed by atoms with E-state index >= 15 is 0 Å². The molecule has 0 saturated heterocycles. The molecule has 0 amide bonds. The van der Waals surface area contributed by atoms with E-state index in [1.807, 2.05) is 30.3 Å². The summed E-state index contributed by atoms with van der Waals surface area (Å²) < 4.78 is 5.40. The van der Waals surface area contributed by atoms with Gasteiger partial charge in [-0.05, 0) is 30.5 Å². The molecular formula is C17H20O2. The van der Waals surface area contributed by atoms with Gasteiger partial charge in [0.1, 0.15) is 5.75 Å². The summed E-state index contributed by atoms with van der Waals surface area (Å²) in [7, 11) is 1.69. The van der Waals surface area contributed by atoms with Gasteiger partial charge in [-0.3, -0.25) is 0 Å². The van der Waals surface area contributed by atoms with Crippen molar-refractivity contribution >= 4 is 0 Å². The van der Waals surface area contributed by atoms with Gasteiger partial charge in [0, 0.05) is 5.92 Å². The van der Waals surface area contributed by atoms with Crippen LogP contribution in [0.4, 0.5) is 0 Å². The van der Waals surface area contributed by atoms with Gasteiger partial charge in [-0.15, -0.1) is 0 Å². The molecule has 2 rings (SSSR count). The lowest BCUT2D eigenvalue weighted by Crippen LogP contribution is -2.08. The maximum atomic E-state index is 9.63. The van der Waals surface area contributed by atoms with Crippen molar-refractivity contribution in [2.24, 2.45) is 0 Å². The van der Waals surface area contributed by atoms with Gasteiger partial charge in [0.2, 0.25) is 0 Å². The molecule has 0 fully saturated rings. The fraction of sp³-hybridized carbons (Fsp3) is 0.294. The fourth-order valence-electron chi connectivity index (χ4n) is 2.35. The molecule has 2 heteroatoms. The standard InChI is InChI=1S/C17H20O2/c1-13-8-9-17(19-2)15(10-13)11-16(12-18)14-6-4-3-5-7-14/h3-10,16,18H,11-12H2,1-2H3. The smallest absolute Gasteiger partial charge is 0.122 e. The zero-order valence-electron chi connectivity index (χ0n) is 11.5. The summed E-state index contributed by atoms with van der Waals surface area (Å²) in [4.78, 5) is 0. The van der Waals surface area contributed by atoms with Crippen LogP contribution in [0.2, 0.25) is 0 Å². The Hall–Kier alpha value is -1.80. The second-order valence-electron chi connectivity index (χ2n) is 4.81. The monoisotopic (exact) mass is 256 g/mol. The van der Waals surface area contributed by atoms with Crippen LogP contribution in [-0.2, 0) is 6.42 Å². The first-order valence-electron chi connectivity index (χ1n) is 6.54. The van der Waals surface area contributed by atoms with Gasteiger partial charge >= 0.3 is 0 Å². The van der Waals surface area contributed by atoms with Crippen molar-refractivity contribution < 1.29 is 9.84 Å². The molecule has 19 heavy (non-hydrogen) atoms. The highest BCUT2D eigenvalue weighted by Gasteiger charge is 2.14. The third kappa shape index (κ3) is 3.36. The molecule has 1 N–H and O–H groups in total. The third-order valence-corrected chi connectivity index (χ3v) is 3.39. The first-order chi connectivity index (χ1) is 9.24. The third-order valence-electron chi connectivity index (χ3n) is 3.39. The quantitative estimate of drug-likeness (QED) is 0.889. The highest BCUT2D eigenvalue weighted by atomic mass is 16.5. The van der Waals surface area contributed by atoms with E-state index in [2.05, 4.69) is 25.1 Å². The lowest BCUT2D eigenvalue weighted by Gasteiger charge is -2.17. The number of aryl methyl sites for hydroxylation is 1. The summed E-state index contributed by atoms with van der Waals surface area (Å²) in [5.74, 6) is 0.997. The molecule has 2 aromatic rings. The van der Waals surface area contributed by atoms with E-state index in [0.29, 0.717) is 0 Å². The summed E-state index contributed by atoms with van der Waals surface area (Å²) in [6, 6.07) is 16.3. The van der Waals surface area contributed by atoms with E-state index in [4.69, 9.17) is 4.74 Å². The van der Waals surface area contributed by atoms with Crippen LogP contribution in [0.15, 0.2) is 48.5 Å². The Labute approximate surface area is 114 Å². The highest BCUT2D eigenvalue weighted by molar-refractivity contribution is 5.38. The Balaban J connectivity index is 2.26. The largest absolute Gasteiger partial charge is 0.496 e. The number of hydrogen-bond acceptors (Lipinski definition) is 2. The van der Waals surface area contributed by atoms with Crippen LogP contribution in [0, 0.1) is 6.92 Å². The maximum absolute atomic E-state index is 9.63. The lowest BCUT2D eigenvalue weighted by molar-refractivity contribution is 0.263. The fourth-order valence-corrected chi connectivity index (χ4v) is 2.35. The minimum Gasteiger partial charge on any atom is -0.496 e. The van der Waals surface area contributed by atoms with Crippen molar-refractivity contribution in [1.29, 1.82) is 0 Å². The van der Waals surface area contributed by atoms with E-state index in [1.54, 1.807) is 7.11 Å². The first kappa shape index (κ1) is 13.6. The number of aliphatic hydroxyl groups excluding tert-OH is 1. The molecule has 0 radical (unpaired) electrons. The van der Waals surface area contributed by atoms with Crippen LogP contribution in [-0.4, -0.2) is 18.8 Å². The number of rotatable bonds is 5. The average Bonchev–Trinajstić information content (AvgIpc) is 2.46. The summed E-state index contributed by atoms with van der Waals surface area (Å²) in [6.07, 6.45) is 0.783. The van der Waals surface area contributed by atoms with Gasteiger partial charge in [-0.25, -0.2) is 0 Å². The zero-order valence-corrected chi connectivity index (χ0v) is 11.5. The summed E-state index contributed by atoms with van der Waals surface area (Å²) in [5, 5.41) is 9.63. The molecule has 0 saturated carbocycles. The molecule has 0 heterocycles. The first-order valence-corrected chi connectivity index (χ1v) is 6.54. The minimum absolute atomic E-state index is 0.108. The Morgan fingerprint density at radius 3 is 2.47 bits per heavy atom. The van der Waals surface area contributed by atoms with Crippen molar-refractivity contribution in [3.8, 4) is 5.75 Å². The molecule has 0 bridgehead atoms. The van der Waals surface area contributed by atoms with Crippen molar-refractivity contribution in [2.75, 3.05) is 13.7 Å². The minimum atomic E-state index is 0.108. The molecule has 2 nitrogen and oxygen atoms in total. The molecule has 0 aliphatic heterocycles. The topological polar surface area (TPSA) is 29.5 Å².